The number of carbonyl (C=O) groups excluding carboxylic acids is 3. The summed E-state index contributed by atoms with van der Waals surface area (Å²) in [5.74, 6) is -1.97. The second-order valence-corrected chi connectivity index (χ2v) is 6.19. The van der Waals surface area contributed by atoms with Crippen molar-refractivity contribution in [1.82, 2.24) is 9.55 Å². The van der Waals surface area contributed by atoms with Crippen molar-refractivity contribution >= 4 is 17.9 Å². The summed E-state index contributed by atoms with van der Waals surface area (Å²) in [6.07, 6.45) is -2.90. The van der Waals surface area contributed by atoms with Crippen LogP contribution in [0.25, 0.3) is 0 Å². The summed E-state index contributed by atoms with van der Waals surface area (Å²) in [6, 6.07) is 0. The Bertz CT molecular complexity index is 872. The molecule has 1 aromatic rings. The van der Waals surface area contributed by atoms with E-state index in [0.717, 1.165) is 18.4 Å². The van der Waals surface area contributed by atoms with Crippen LogP contribution in [-0.2, 0) is 39.8 Å². The molecule has 2 rings (SSSR count). The number of H-pyrrole nitrogens is 1. The lowest BCUT2D eigenvalue weighted by atomic mass is 10.1. The number of hydrogen-bond donors (Lipinski definition) is 1. The van der Waals surface area contributed by atoms with Crippen molar-refractivity contribution in [1.29, 1.82) is 0 Å². The second kappa shape index (κ2) is 8.83. The average molecular weight is 398 g/mol. The zero-order chi connectivity index (χ0) is 21.0. The Kier molecular flexibility index (Phi) is 6.73. The number of nitrogens with one attached hydrogen (secondary N) is 1. The van der Waals surface area contributed by atoms with Crippen LogP contribution < -0.4 is 11.2 Å². The van der Waals surface area contributed by atoms with Crippen LogP contribution in [0.2, 0.25) is 0 Å². The summed E-state index contributed by atoms with van der Waals surface area (Å²) < 4.78 is 22.2. The number of rotatable bonds is 6. The molecule has 1 aromatic heterocycles. The minimum Gasteiger partial charge on any atom is -0.463 e. The molecule has 28 heavy (non-hydrogen) atoms. The standard InChI is InChI=1S/C17H22N2O9/c1-5-11-6-19(17(24)18-15(11)23)16-14(27-10(4)22)13(26-9(3)21)12(28-16)7-25-8(2)20/h6,12-14,16H,5,7H2,1-4H3,(H,18,23,24)/t12-,13+,14-,16?/m1/s1. The van der Waals surface area contributed by atoms with E-state index in [-0.39, 0.29) is 6.61 Å². The third kappa shape index (κ3) is 4.85. The van der Waals surface area contributed by atoms with E-state index in [9.17, 15) is 24.0 Å². The molecule has 11 heteroatoms. The van der Waals surface area contributed by atoms with E-state index < -0.39 is 53.7 Å². The number of esters is 3. The fourth-order valence-corrected chi connectivity index (χ4v) is 2.88. The van der Waals surface area contributed by atoms with Crippen LogP contribution >= 0.6 is 0 Å². The van der Waals surface area contributed by atoms with Gasteiger partial charge in [0.05, 0.1) is 0 Å². The van der Waals surface area contributed by atoms with E-state index in [1.165, 1.54) is 13.1 Å². The predicted octanol–water partition coefficient (Wildman–Crippen LogP) is -0.577. The van der Waals surface area contributed by atoms with Crippen molar-refractivity contribution in [2.45, 2.75) is 58.7 Å². The summed E-state index contributed by atoms with van der Waals surface area (Å²) in [5, 5.41) is 0. The maximum atomic E-state index is 12.3. The largest absolute Gasteiger partial charge is 0.463 e. The molecule has 1 N–H and O–H groups in total. The summed E-state index contributed by atoms with van der Waals surface area (Å²) in [7, 11) is 0. The molecule has 1 aliphatic rings. The highest BCUT2D eigenvalue weighted by Gasteiger charge is 2.51. The molecular weight excluding hydrogens is 376 g/mol. The third-order valence-corrected chi connectivity index (χ3v) is 4.04. The van der Waals surface area contributed by atoms with Crippen molar-refractivity contribution < 1.29 is 33.3 Å². The van der Waals surface area contributed by atoms with Gasteiger partial charge in [-0.2, -0.15) is 0 Å². The molecule has 0 spiro atoms. The van der Waals surface area contributed by atoms with Crippen molar-refractivity contribution in [2.75, 3.05) is 6.61 Å². The van der Waals surface area contributed by atoms with Gasteiger partial charge in [0.15, 0.2) is 18.4 Å². The van der Waals surface area contributed by atoms with Crippen molar-refractivity contribution in [3.8, 4) is 0 Å². The molecule has 0 aromatic carbocycles. The zero-order valence-electron chi connectivity index (χ0n) is 15.9. The van der Waals surface area contributed by atoms with Crippen molar-refractivity contribution in [2.24, 2.45) is 0 Å². The first-order valence-electron chi connectivity index (χ1n) is 8.61. The number of carbonyl (C=O) groups is 3. The van der Waals surface area contributed by atoms with Crippen molar-refractivity contribution in [3.63, 3.8) is 0 Å². The van der Waals surface area contributed by atoms with Gasteiger partial charge in [-0.25, -0.2) is 4.79 Å². The molecule has 0 bridgehead atoms. The van der Waals surface area contributed by atoms with E-state index in [1.54, 1.807) is 6.92 Å². The van der Waals surface area contributed by atoms with E-state index >= 15 is 0 Å². The Morgan fingerprint density at radius 3 is 2.21 bits per heavy atom. The number of aryl methyl sites for hydroxylation is 1. The predicted molar refractivity (Wildman–Crippen MR) is 92.4 cm³/mol. The average Bonchev–Trinajstić information content (AvgIpc) is 2.89. The maximum Gasteiger partial charge on any atom is 0.330 e. The Morgan fingerprint density at radius 2 is 1.68 bits per heavy atom. The number of aromatic nitrogens is 2. The lowest BCUT2D eigenvalue weighted by Crippen LogP contribution is -2.42. The van der Waals surface area contributed by atoms with Crippen LogP contribution in [0, 0.1) is 0 Å². The first-order chi connectivity index (χ1) is 13.1. The monoisotopic (exact) mass is 398 g/mol. The Balaban J connectivity index is 2.49. The van der Waals surface area contributed by atoms with Crippen LogP contribution in [-0.4, -0.2) is 52.4 Å². The van der Waals surface area contributed by atoms with E-state index in [0.29, 0.717) is 12.0 Å². The van der Waals surface area contributed by atoms with Gasteiger partial charge >= 0.3 is 23.6 Å². The lowest BCUT2D eigenvalue weighted by Gasteiger charge is -2.24. The SMILES string of the molecule is CCc1cn(C2O[C@H](COC(C)=O)[C@H](OC(C)=O)[C@H]2OC(C)=O)c(=O)[nH]c1=O. The summed E-state index contributed by atoms with van der Waals surface area (Å²) >= 11 is 0. The number of hydrogen-bond acceptors (Lipinski definition) is 9. The van der Waals surface area contributed by atoms with E-state index in [1.807, 2.05) is 0 Å². The lowest BCUT2D eigenvalue weighted by molar-refractivity contribution is -0.166. The van der Waals surface area contributed by atoms with E-state index in [2.05, 4.69) is 4.98 Å². The first kappa shape index (κ1) is 21.4. The number of ether oxygens (including phenoxy) is 4. The molecule has 1 aliphatic heterocycles. The van der Waals surface area contributed by atoms with E-state index in [4.69, 9.17) is 18.9 Å². The fraction of sp³-hybridized carbons (Fsp3) is 0.588. The highest BCUT2D eigenvalue weighted by molar-refractivity contribution is 5.68. The highest BCUT2D eigenvalue weighted by atomic mass is 16.7. The molecule has 11 nitrogen and oxygen atoms in total. The minimum atomic E-state index is -1.21. The number of aromatic amines is 1. The molecular formula is C17H22N2O9. The third-order valence-electron chi connectivity index (χ3n) is 4.04. The fourth-order valence-electron chi connectivity index (χ4n) is 2.88. The molecule has 2 heterocycles. The van der Waals surface area contributed by atoms with Gasteiger partial charge in [0.2, 0.25) is 0 Å². The Labute approximate surface area is 159 Å². The summed E-state index contributed by atoms with van der Waals surface area (Å²) in [5.41, 5.74) is -1.03. The second-order valence-electron chi connectivity index (χ2n) is 6.19. The van der Waals surface area contributed by atoms with Crippen LogP contribution in [0.15, 0.2) is 15.8 Å². The van der Waals surface area contributed by atoms with Gasteiger partial charge < -0.3 is 18.9 Å². The van der Waals surface area contributed by atoms with Crippen LogP contribution in [0.1, 0.15) is 39.5 Å². The minimum absolute atomic E-state index is 0.291. The molecule has 1 fully saturated rings. The molecule has 1 saturated heterocycles. The highest BCUT2D eigenvalue weighted by Crippen LogP contribution is 2.33. The quantitative estimate of drug-likeness (QED) is 0.492. The van der Waals surface area contributed by atoms with Gasteiger partial charge in [-0.05, 0) is 6.42 Å². The molecule has 1 unspecified atom stereocenters. The summed E-state index contributed by atoms with van der Waals surface area (Å²) in [6.45, 7) is 4.93. The number of nitrogens with zero attached hydrogens (tertiary/aromatic N) is 1. The molecule has 0 amide bonds. The molecule has 154 valence electrons. The maximum absolute atomic E-state index is 12.3. The van der Waals surface area contributed by atoms with Gasteiger partial charge in [-0.3, -0.25) is 28.7 Å². The smallest absolute Gasteiger partial charge is 0.330 e. The Morgan fingerprint density at radius 1 is 1.07 bits per heavy atom. The van der Waals surface area contributed by atoms with Gasteiger partial charge in [0.1, 0.15) is 12.7 Å². The normalized spacial score (nSPS) is 23.9. The van der Waals surface area contributed by atoms with Gasteiger partial charge in [0, 0.05) is 32.5 Å². The van der Waals surface area contributed by atoms with Crippen molar-refractivity contribution in [3.05, 3.63) is 32.6 Å². The van der Waals surface area contributed by atoms with Crippen LogP contribution in [0.4, 0.5) is 0 Å². The summed E-state index contributed by atoms with van der Waals surface area (Å²) in [4.78, 5) is 60.6. The zero-order valence-corrected chi connectivity index (χ0v) is 15.9. The topological polar surface area (TPSA) is 143 Å². The van der Waals surface area contributed by atoms with Gasteiger partial charge in [0.25, 0.3) is 5.56 Å². The van der Waals surface area contributed by atoms with Gasteiger partial charge in [-0.1, -0.05) is 6.92 Å². The van der Waals surface area contributed by atoms with Gasteiger partial charge in [-0.15, -0.1) is 0 Å². The molecule has 0 saturated carbocycles. The molecule has 0 radical (unpaired) electrons. The van der Waals surface area contributed by atoms with Crippen LogP contribution in [0.3, 0.4) is 0 Å². The molecule has 0 aliphatic carbocycles. The van der Waals surface area contributed by atoms with Crippen LogP contribution in [0.5, 0.6) is 0 Å². The first-order valence-corrected chi connectivity index (χ1v) is 8.61. The molecule has 4 atom stereocenters. The Hall–Kier alpha value is -2.95.